The number of hydrogen-bond donors (Lipinski definition) is 0. The first-order valence-electron chi connectivity index (χ1n) is 6.26. The first kappa shape index (κ1) is 17.1. The molecule has 0 bridgehead atoms. The van der Waals surface area contributed by atoms with Crippen LogP contribution in [0.4, 0.5) is 5.13 Å². The normalized spacial score (nSPS) is 10.0. The van der Waals surface area contributed by atoms with Gasteiger partial charge in [0, 0.05) is 27.1 Å². The van der Waals surface area contributed by atoms with E-state index in [2.05, 4.69) is 15.8 Å². The molecule has 1 rings (SSSR count). The third-order valence-corrected chi connectivity index (χ3v) is 3.86. The van der Waals surface area contributed by atoms with Crippen LogP contribution in [0.3, 0.4) is 0 Å². The molecule has 1 heterocycles. The Balaban J connectivity index is 3.10. The van der Waals surface area contributed by atoms with Gasteiger partial charge in [0.1, 0.15) is 4.88 Å². The molecule has 0 saturated heterocycles. The first-order valence-corrected chi connectivity index (χ1v) is 7.07. The number of nitriles is 1. The van der Waals surface area contributed by atoms with Gasteiger partial charge in [-0.2, -0.15) is 5.26 Å². The van der Waals surface area contributed by atoms with E-state index in [0.29, 0.717) is 31.2 Å². The largest absolute Gasteiger partial charge is 0.464 e. The second-order valence-electron chi connectivity index (χ2n) is 4.11. The molecule has 0 aliphatic carbocycles. The molecule has 0 amide bonds. The number of aromatic nitrogens is 1. The maximum absolute atomic E-state index is 11.7. The van der Waals surface area contributed by atoms with Crippen LogP contribution < -0.4 is 4.90 Å². The smallest absolute Gasteiger partial charge is 0.358 e. The molecule has 0 aromatic carbocycles. The Morgan fingerprint density at radius 2 is 2.10 bits per heavy atom. The zero-order chi connectivity index (χ0) is 15.8. The van der Waals surface area contributed by atoms with Crippen LogP contribution in [-0.4, -0.2) is 50.7 Å². The minimum absolute atomic E-state index is 0.0179. The molecular weight excluding hydrogens is 294 g/mol. The Morgan fingerprint density at radius 1 is 1.38 bits per heavy atom. The van der Waals surface area contributed by atoms with Crippen molar-refractivity contribution in [3.8, 4) is 6.07 Å². The molecule has 0 radical (unpaired) electrons. The Bertz CT molecular complexity index is 550. The summed E-state index contributed by atoms with van der Waals surface area (Å²) in [5, 5.41) is 9.22. The molecule has 7 nitrogen and oxygen atoms in total. The molecule has 0 fully saturated rings. The van der Waals surface area contributed by atoms with Crippen molar-refractivity contribution < 1.29 is 19.1 Å². The van der Waals surface area contributed by atoms with Crippen molar-refractivity contribution in [1.29, 1.82) is 5.26 Å². The predicted octanol–water partition coefficient (Wildman–Crippen LogP) is 1.50. The molecule has 1 aromatic heterocycles. The van der Waals surface area contributed by atoms with E-state index in [1.54, 1.807) is 7.11 Å². The molecule has 1 aromatic rings. The summed E-state index contributed by atoms with van der Waals surface area (Å²) in [7, 11) is 2.81. The fourth-order valence-corrected chi connectivity index (χ4v) is 2.61. The van der Waals surface area contributed by atoms with Crippen molar-refractivity contribution in [3.63, 3.8) is 0 Å². The van der Waals surface area contributed by atoms with Crippen molar-refractivity contribution in [3.05, 3.63) is 10.6 Å². The van der Waals surface area contributed by atoms with Crippen molar-refractivity contribution in [2.24, 2.45) is 0 Å². The minimum atomic E-state index is -0.644. The van der Waals surface area contributed by atoms with Gasteiger partial charge in [-0.25, -0.2) is 9.78 Å². The number of esters is 1. The fraction of sp³-hybridized carbons (Fsp3) is 0.538. The second-order valence-corrected chi connectivity index (χ2v) is 5.09. The zero-order valence-corrected chi connectivity index (χ0v) is 13.0. The highest BCUT2D eigenvalue weighted by Gasteiger charge is 2.24. The van der Waals surface area contributed by atoms with Crippen LogP contribution in [0.25, 0.3) is 0 Å². The van der Waals surface area contributed by atoms with Gasteiger partial charge in [0.2, 0.25) is 0 Å². The van der Waals surface area contributed by atoms with Gasteiger partial charge in [-0.1, -0.05) is 11.3 Å². The van der Waals surface area contributed by atoms with Gasteiger partial charge >= 0.3 is 5.97 Å². The number of hydrogen-bond acceptors (Lipinski definition) is 8. The lowest BCUT2D eigenvalue weighted by atomic mass is 10.3. The number of nitrogens with zero attached hydrogens (tertiary/aromatic N) is 3. The van der Waals surface area contributed by atoms with E-state index in [-0.39, 0.29) is 16.4 Å². The maximum atomic E-state index is 11.7. The van der Waals surface area contributed by atoms with E-state index in [1.165, 1.54) is 14.0 Å². The maximum Gasteiger partial charge on any atom is 0.358 e. The number of Topliss-reactive ketones (excluding diaryl/α,β-unsaturated/α-hetero) is 1. The summed E-state index contributed by atoms with van der Waals surface area (Å²) < 4.78 is 9.66. The molecule has 0 unspecified atom stereocenters. The lowest BCUT2D eigenvalue weighted by Crippen LogP contribution is -2.28. The second kappa shape index (κ2) is 8.34. The summed E-state index contributed by atoms with van der Waals surface area (Å²) in [6.45, 7) is 2.79. The highest BCUT2D eigenvalue weighted by atomic mass is 32.1. The number of ketones is 1. The summed E-state index contributed by atoms with van der Waals surface area (Å²) in [5.41, 5.74) is 0.0179. The minimum Gasteiger partial charge on any atom is -0.464 e. The van der Waals surface area contributed by atoms with Gasteiger partial charge in [-0.05, 0) is 0 Å². The fourth-order valence-electron chi connectivity index (χ4n) is 1.61. The molecule has 0 N–H and O–H groups in total. The summed E-state index contributed by atoms with van der Waals surface area (Å²) in [6.07, 6.45) is 0.312. The summed E-state index contributed by atoms with van der Waals surface area (Å²) in [5.74, 6) is -0.888. The highest BCUT2D eigenvalue weighted by Crippen LogP contribution is 2.27. The van der Waals surface area contributed by atoms with Gasteiger partial charge in [-0.15, -0.1) is 0 Å². The third-order valence-electron chi connectivity index (χ3n) is 2.64. The molecular formula is C13H17N3O4S. The van der Waals surface area contributed by atoms with Crippen molar-refractivity contribution >= 4 is 28.2 Å². The van der Waals surface area contributed by atoms with Gasteiger partial charge in [-0.3, -0.25) is 4.79 Å². The van der Waals surface area contributed by atoms with E-state index in [0.717, 1.165) is 11.3 Å². The molecule has 0 aliphatic rings. The average molecular weight is 311 g/mol. The average Bonchev–Trinajstić information content (AvgIpc) is 2.92. The number of methoxy groups -OCH3 is 2. The van der Waals surface area contributed by atoms with Gasteiger partial charge in [0.15, 0.2) is 16.6 Å². The number of rotatable bonds is 8. The van der Waals surface area contributed by atoms with E-state index in [1.807, 2.05) is 4.90 Å². The molecule has 0 atom stereocenters. The summed E-state index contributed by atoms with van der Waals surface area (Å²) in [6, 6.07) is 2.06. The lowest BCUT2D eigenvalue weighted by Gasteiger charge is -2.19. The third kappa shape index (κ3) is 4.51. The van der Waals surface area contributed by atoms with Crippen molar-refractivity contribution in [1.82, 2.24) is 4.98 Å². The van der Waals surface area contributed by atoms with Crippen LogP contribution >= 0.6 is 11.3 Å². The van der Waals surface area contributed by atoms with Crippen LogP contribution in [0.15, 0.2) is 0 Å². The summed E-state index contributed by atoms with van der Waals surface area (Å²) in [4.78, 5) is 29.6. The SMILES string of the molecule is COCCN(CCC#N)c1nc(C(=O)OC)c(C(C)=O)s1. The van der Waals surface area contributed by atoms with E-state index in [4.69, 9.17) is 10.00 Å². The predicted molar refractivity (Wildman–Crippen MR) is 77.8 cm³/mol. The number of thiazole rings is 1. The van der Waals surface area contributed by atoms with Gasteiger partial charge in [0.05, 0.1) is 26.2 Å². The van der Waals surface area contributed by atoms with Gasteiger partial charge < -0.3 is 14.4 Å². The van der Waals surface area contributed by atoms with Crippen molar-refractivity contribution in [2.75, 3.05) is 38.8 Å². The van der Waals surface area contributed by atoms with Crippen molar-refractivity contribution in [2.45, 2.75) is 13.3 Å². The van der Waals surface area contributed by atoms with Crippen LogP contribution in [0, 0.1) is 11.3 Å². The standard InChI is InChI=1S/C13H17N3O4S/c1-9(17)11-10(12(18)20-3)15-13(21-11)16(6-4-5-14)7-8-19-2/h4,6-8H2,1-3H3. The molecule has 8 heteroatoms. The van der Waals surface area contributed by atoms with Crippen LogP contribution in [-0.2, 0) is 9.47 Å². The molecule has 0 spiro atoms. The molecule has 114 valence electrons. The van der Waals surface area contributed by atoms with E-state index >= 15 is 0 Å². The Hall–Kier alpha value is -1.98. The zero-order valence-electron chi connectivity index (χ0n) is 12.2. The van der Waals surface area contributed by atoms with Crippen LogP contribution in [0.1, 0.15) is 33.5 Å². The number of anilines is 1. The monoisotopic (exact) mass is 311 g/mol. The Labute approximate surface area is 127 Å². The molecule has 0 saturated carbocycles. The summed E-state index contributed by atoms with van der Waals surface area (Å²) >= 11 is 1.12. The van der Waals surface area contributed by atoms with Crippen LogP contribution in [0.5, 0.6) is 0 Å². The molecule has 0 aliphatic heterocycles. The van der Waals surface area contributed by atoms with E-state index in [9.17, 15) is 9.59 Å². The quantitative estimate of drug-likeness (QED) is 0.530. The van der Waals surface area contributed by atoms with E-state index < -0.39 is 5.97 Å². The Morgan fingerprint density at radius 3 is 2.62 bits per heavy atom. The van der Waals surface area contributed by atoms with Crippen LogP contribution in [0.2, 0.25) is 0 Å². The topological polar surface area (TPSA) is 92.5 Å². The highest BCUT2D eigenvalue weighted by molar-refractivity contribution is 7.17. The Kier molecular flexibility index (Phi) is 6.78. The number of ether oxygens (including phenoxy) is 2. The first-order chi connectivity index (χ1) is 10.0. The number of carbonyl (C=O) groups is 2. The number of carbonyl (C=O) groups excluding carboxylic acids is 2. The molecule has 21 heavy (non-hydrogen) atoms. The lowest BCUT2D eigenvalue weighted by molar-refractivity contribution is 0.0591. The van der Waals surface area contributed by atoms with Gasteiger partial charge in [0.25, 0.3) is 0 Å².